The smallest absolute Gasteiger partial charge is 0.251 e. The third-order valence-electron chi connectivity index (χ3n) is 2.78. The number of aromatic nitrogens is 1. The highest BCUT2D eigenvalue weighted by atomic mass is 16.1. The first-order valence-corrected chi connectivity index (χ1v) is 6.56. The molecule has 1 rings (SSSR count). The number of hydrogen-bond donors (Lipinski definition) is 2. The maximum Gasteiger partial charge on any atom is 0.251 e. The molecule has 0 atom stereocenters. The van der Waals surface area contributed by atoms with Gasteiger partial charge >= 0.3 is 0 Å². The number of nitrogens with two attached hydrogens (primary N) is 1. The van der Waals surface area contributed by atoms with Crippen molar-refractivity contribution >= 4 is 5.91 Å². The van der Waals surface area contributed by atoms with Crippen LogP contribution in [0.4, 0.5) is 0 Å². The van der Waals surface area contributed by atoms with Gasteiger partial charge < -0.3 is 11.1 Å². The lowest BCUT2D eigenvalue weighted by Crippen LogP contribution is -2.24. The van der Waals surface area contributed by atoms with Crippen molar-refractivity contribution in [2.75, 3.05) is 6.54 Å². The summed E-state index contributed by atoms with van der Waals surface area (Å²) < 4.78 is 0. The van der Waals surface area contributed by atoms with Gasteiger partial charge in [0, 0.05) is 24.8 Å². The largest absolute Gasteiger partial charge is 0.352 e. The van der Waals surface area contributed by atoms with Crippen molar-refractivity contribution in [3.05, 3.63) is 29.6 Å². The molecule has 0 fully saturated rings. The number of nitrogens with zero attached hydrogens (tertiary/aromatic N) is 1. The molecule has 0 aliphatic carbocycles. The predicted molar refractivity (Wildman–Crippen MR) is 73.2 cm³/mol. The molecule has 1 aromatic heterocycles. The molecule has 0 radical (unpaired) electrons. The molecule has 4 heteroatoms. The second-order valence-corrected chi connectivity index (χ2v) is 4.89. The van der Waals surface area contributed by atoms with Crippen LogP contribution >= 0.6 is 0 Å². The molecule has 4 nitrogen and oxygen atoms in total. The van der Waals surface area contributed by atoms with Crippen LogP contribution in [0.1, 0.15) is 49.2 Å². The van der Waals surface area contributed by atoms with Crippen LogP contribution in [0, 0.1) is 5.92 Å². The Labute approximate surface area is 109 Å². The topological polar surface area (TPSA) is 68.0 Å². The van der Waals surface area contributed by atoms with E-state index in [-0.39, 0.29) is 5.91 Å². The molecule has 0 saturated carbocycles. The zero-order valence-electron chi connectivity index (χ0n) is 11.3. The van der Waals surface area contributed by atoms with Crippen molar-refractivity contribution in [3.8, 4) is 0 Å². The van der Waals surface area contributed by atoms with Gasteiger partial charge in [0.25, 0.3) is 5.91 Å². The molecular weight excluding hydrogens is 226 g/mol. The first-order valence-electron chi connectivity index (χ1n) is 6.56. The van der Waals surface area contributed by atoms with Crippen LogP contribution in [0.2, 0.25) is 0 Å². The molecule has 0 aliphatic heterocycles. The van der Waals surface area contributed by atoms with E-state index in [2.05, 4.69) is 24.1 Å². The molecule has 0 spiro atoms. The quantitative estimate of drug-likeness (QED) is 0.727. The van der Waals surface area contributed by atoms with Crippen LogP contribution in [0.5, 0.6) is 0 Å². The third kappa shape index (κ3) is 5.27. The first-order chi connectivity index (χ1) is 8.63. The van der Waals surface area contributed by atoms with Gasteiger partial charge in [0.15, 0.2) is 0 Å². The van der Waals surface area contributed by atoms with Crippen molar-refractivity contribution in [3.63, 3.8) is 0 Å². The lowest BCUT2D eigenvalue weighted by atomic mass is 10.1. The molecular formula is C14H23N3O. The number of unbranched alkanes of at least 4 members (excludes halogenated alkanes) is 1. The summed E-state index contributed by atoms with van der Waals surface area (Å²) in [7, 11) is 0. The molecule has 1 heterocycles. The van der Waals surface area contributed by atoms with Crippen molar-refractivity contribution in [2.24, 2.45) is 11.7 Å². The van der Waals surface area contributed by atoms with E-state index in [1.165, 1.54) is 6.42 Å². The molecule has 100 valence electrons. The summed E-state index contributed by atoms with van der Waals surface area (Å²) >= 11 is 0. The molecule has 1 amide bonds. The number of rotatable bonds is 7. The number of pyridine rings is 1. The highest BCUT2D eigenvalue weighted by molar-refractivity contribution is 5.94. The van der Waals surface area contributed by atoms with E-state index >= 15 is 0 Å². The Bertz CT molecular complexity index is 377. The number of carbonyl (C=O) groups excluding carboxylic acids is 1. The summed E-state index contributed by atoms with van der Waals surface area (Å²) in [5.41, 5.74) is 6.86. The maximum absolute atomic E-state index is 11.8. The Kier molecular flexibility index (Phi) is 6.36. The standard InChI is InChI=1S/C14H23N3O/c1-11(2)5-3-4-7-17-14(18)12-6-8-16-13(9-12)10-15/h6,8-9,11H,3-5,7,10,15H2,1-2H3,(H,17,18). The van der Waals surface area contributed by atoms with Crippen LogP contribution in [0.25, 0.3) is 0 Å². The SMILES string of the molecule is CC(C)CCCCNC(=O)c1ccnc(CN)c1. The van der Waals surface area contributed by atoms with Gasteiger partial charge in [-0.05, 0) is 24.5 Å². The van der Waals surface area contributed by atoms with E-state index in [4.69, 9.17) is 5.73 Å². The van der Waals surface area contributed by atoms with Gasteiger partial charge in [-0.15, -0.1) is 0 Å². The second kappa shape index (κ2) is 7.82. The van der Waals surface area contributed by atoms with Gasteiger partial charge in [0.05, 0.1) is 5.69 Å². The molecule has 0 bridgehead atoms. The number of carbonyl (C=O) groups is 1. The Morgan fingerprint density at radius 2 is 2.22 bits per heavy atom. The average Bonchev–Trinajstić information content (AvgIpc) is 2.37. The van der Waals surface area contributed by atoms with Crippen LogP contribution < -0.4 is 11.1 Å². The first kappa shape index (κ1) is 14.6. The summed E-state index contributed by atoms with van der Waals surface area (Å²) in [5, 5.41) is 2.92. The number of nitrogens with one attached hydrogen (secondary N) is 1. The van der Waals surface area contributed by atoms with E-state index in [0.29, 0.717) is 12.1 Å². The minimum atomic E-state index is -0.0448. The van der Waals surface area contributed by atoms with Gasteiger partial charge in [-0.3, -0.25) is 9.78 Å². The normalized spacial score (nSPS) is 10.7. The van der Waals surface area contributed by atoms with Crippen LogP contribution in [0.3, 0.4) is 0 Å². The lowest BCUT2D eigenvalue weighted by Gasteiger charge is -2.07. The second-order valence-electron chi connectivity index (χ2n) is 4.89. The zero-order valence-corrected chi connectivity index (χ0v) is 11.3. The van der Waals surface area contributed by atoms with Crippen molar-refractivity contribution < 1.29 is 4.79 Å². The van der Waals surface area contributed by atoms with Crippen molar-refractivity contribution in [1.82, 2.24) is 10.3 Å². The molecule has 0 aliphatic rings. The number of hydrogen-bond acceptors (Lipinski definition) is 3. The Morgan fingerprint density at radius 1 is 1.44 bits per heavy atom. The van der Waals surface area contributed by atoms with E-state index < -0.39 is 0 Å². The fourth-order valence-electron chi connectivity index (χ4n) is 1.71. The highest BCUT2D eigenvalue weighted by Crippen LogP contribution is 2.05. The van der Waals surface area contributed by atoms with Gasteiger partial charge in [-0.1, -0.05) is 26.7 Å². The lowest BCUT2D eigenvalue weighted by molar-refractivity contribution is 0.0952. The summed E-state index contributed by atoms with van der Waals surface area (Å²) in [5.74, 6) is 0.685. The van der Waals surface area contributed by atoms with Crippen LogP contribution in [0.15, 0.2) is 18.3 Å². The zero-order chi connectivity index (χ0) is 13.4. The van der Waals surface area contributed by atoms with Gasteiger partial charge in [-0.25, -0.2) is 0 Å². The maximum atomic E-state index is 11.8. The fraction of sp³-hybridized carbons (Fsp3) is 0.571. The molecule has 3 N–H and O–H groups in total. The Hall–Kier alpha value is -1.42. The van der Waals surface area contributed by atoms with Gasteiger partial charge in [0.2, 0.25) is 0 Å². The average molecular weight is 249 g/mol. The summed E-state index contributed by atoms with van der Waals surface area (Å²) in [4.78, 5) is 15.9. The van der Waals surface area contributed by atoms with E-state index in [9.17, 15) is 4.79 Å². The number of amides is 1. The van der Waals surface area contributed by atoms with Gasteiger partial charge in [0.1, 0.15) is 0 Å². The summed E-state index contributed by atoms with van der Waals surface area (Å²) in [6.07, 6.45) is 5.01. The summed E-state index contributed by atoms with van der Waals surface area (Å²) in [6, 6.07) is 3.45. The molecule has 18 heavy (non-hydrogen) atoms. The molecule has 1 aromatic rings. The monoisotopic (exact) mass is 249 g/mol. The van der Waals surface area contributed by atoms with E-state index in [0.717, 1.165) is 31.0 Å². The molecule has 0 saturated heterocycles. The highest BCUT2D eigenvalue weighted by Gasteiger charge is 2.05. The minimum absolute atomic E-state index is 0.0448. The third-order valence-corrected chi connectivity index (χ3v) is 2.78. The Morgan fingerprint density at radius 3 is 2.89 bits per heavy atom. The van der Waals surface area contributed by atoms with Crippen LogP contribution in [-0.2, 0) is 6.54 Å². The van der Waals surface area contributed by atoms with E-state index in [1.807, 2.05) is 0 Å². The molecule has 0 aromatic carbocycles. The predicted octanol–water partition coefficient (Wildman–Crippen LogP) is 2.10. The molecule has 0 unspecified atom stereocenters. The van der Waals surface area contributed by atoms with Gasteiger partial charge in [-0.2, -0.15) is 0 Å². The van der Waals surface area contributed by atoms with E-state index in [1.54, 1.807) is 18.3 Å². The fourth-order valence-corrected chi connectivity index (χ4v) is 1.71. The van der Waals surface area contributed by atoms with Crippen LogP contribution in [-0.4, -0.2) is 17.4 Å². The van der Waals surface area contributed by atoms with Crippen molar-refractivity contribution in [2.45, 2.75) is 39.7 Å². The summed E-state index contributed by atoms with van der Waals surface area (Å²) in [6.45, 7) is 5.51. The van der Waals surface area contributed by atoms with Crippen molar-refractivity contribution in [1.29, 1.82) is 0 Å². The minimum Gasteiger partial charge on any atom is -0.352 e. The Balaban J connectivity index is 2.31.